The maximum atomic E-state index is 13.2. The van der Waals surface area contributed by atoms with Gasteiger partial charge in [-0.1, -0.05) is 0 Å². The highest BCUT2D eigenvalue weighted by atomic mass is 19.1. The number of halogens is 1. The van der Waals surface area contributed by atoms with Gasteiger partial charge in [0.2, 0.25) is 5.91 Å². The van der Waals surface area contributed by atoms with Gasteiger partial charge in [0.15, 0.2) is 0 Å². The van der Waals surface area contributed by atoms with Crippen molar-refractivity contribution in [3.8, 4) is 0 Å². The average molecular weight is 279 g/mol. The lowest BCUT2D eigenvalue weighted by atomic mass is 9.89. The third-order valence-corrected chi connectivity index (χ3v) is 3.78. The van der Waals surface area contributed by atoms with Crippen molar-refractivity contribution >= 4 is 17.5 Å². The molecule has 1 aliphatic rings. The fourth-order valence-electron chi connectivity index (χ4n) is 2.51. The molecular weight excluding hydrogens is 261 g/mol. The Morgan fingerprint density at radius 3 is 2.80 bits per heavy atom. The zero-order valence-electron chi connectivity index (χ0n) is 11.6. The highest BCUT2D eigenvalue weighted by Crippen LogP contribution is 2.31. The molecule has 0 aliphatic carbocycles. The van der Waals surface area contributed by atoms with Gasteiger partial charge in [-0.2, -0.15) is 0 Å². The number of hydrogen-bond donors (Lipinski definition) is 2. The predicted molar refractivity (Wildman–Crippen MR) is 73.5 cm³/mol. The maximum absolute atomic E-state index is 13.2. The van der Waals surface area contributed by atoms with Crippen LogP contribution >= 0.6 is 0 Å². The van der Waals surface area contributed by atoms with Crippen molar-refractivity contribution in [2.45, 2.75) is 13.3 Å². The van der Waals surface area contributed by atoms with Crippen molar-refractivity contribution in [1.82, 2.24) is 10.2 Å². The molecular formula is C14H18FN3O2. The van der Waals surface area contributed by atoms with Gasteiger partial charge in [-0.25, -0.2) is 4.39 Å². The van der Waals surface area contributed by atoms with Crippen molar-refractivity contribution in [2.75, 3.05) is 25.9 Å². The molecule has 1 heterocycles. The first-order valence-electron chi connectivity index (χ1n) is 6.44. The summed E-state index contributed by atoms with van der Waals surface area (Å²) in [5, 5.41) is 2.61. The molecule has 2 rings (SSSR count). The number of carbonyl (C=O) groups is 2. The number of nitrogens with zero attached hydrogens (tertiary/aromatic N) is 1. The molecule has 1 unspecified atom stereocenters. The number of nitrogen functional groups attached to an aromatic ring is 1. The van der Waals surface area contributed by atoms with Gasteiger partial charge in [-0.15, -0.1) is 0 Å². The molecule has 1 aliphatic heterocycles. The molecule has 108 valence electrons. The van der Waals surface area contributed by atoms with Gasteiger partial charge in [0.1, 0.15) is 5.82 Å². The van der Waals surface area contributed by atoms with E-state index < -0.39 is 11.2 Å². The zero-order chi connectivity index (χ0) is 14.9. The van der Waals surface area contributed by atoms with E-state index >= 15 is 0 Å². The fourth-order valence-corrected chi connectivity index (χ4v) is 2.51. The second kappa shape index (κ2) is 5.11. The molecule has 1 fully saturated rings. The standard InChI is InChI=1S/C14H18FN3O2/c1-14(13(20)17-2)5-6-18(8-14)12(19)10-7-9(15)3-4-11(10)16/h3-4,7H,5-6,8,16H2,1-2H3,(H,17,20). The number of rotatable bonds is 2. The Kier molecular flexibility index (Phi) is 3.65. The second-order valence-corrected chi connectivity index (χ2v) is 5.35. The lowest BCUT2D eigenvalue weighted by Crippen LogP contribution is -2.40. The third kappa shape index (κ3) is 2.45. The smallest absolute Gasteiger partial charge is 0.256 e. The number of amides is 2. The number of nitrogens with two attached hydrogens (primary N) is 1. The van der Waals surface area contributed by atoms with Crippen LogP contribution in [0, 0.1) is 11.2 Å². The number of nitrogens with one attached hydrogen (secondary N) is 1. The molecule has 1 aromatic carbocycles. The Morgan fingerprint density at radius 1 is 1.45 bits per heavy atom. The van der Waals surface area contributed by atoms with Crippen LogP contribution < -0.4 is 11.1 Å². The molecule has 20 heavy (non-hydrogen) atoms. The summed E-state index contributed by atoms with van der Waals surface area (Å²) in [6.07, 6.45) is 0.577. The molecule has 1 aromatic rings. The number of benzene rings is 1. The summed E-state index contributed by atoms with van der Waals surface area (Å²) in [5.74, 6) is -0.939. The summed E-state index contributed by atoms with van der Waals surface area (Å²) in [7, 11) is 1.57. The third-order valence-electron chi connectivity index (χ3n) is 3.78. The Bertz CT molecular complexity index is 561. The topological polar surface area (TPSA) is 75.4 Å². The van der Waals surface area contributed by atoms with E-state index in [0.29, 0.717) is 19.5 Å². The van der Waals surface area contributed by atoms with Crippen LogP contribution in [0.4, 0.5) is 10.1 Å². The quantitative estimate of drug-likeness (QED) is 0.793. The van der Waals surface area contributed by atoms with E-state index in [2.05, 4.69) is 5.32 Å². The summed E-state index contributed by atoms with van der Waals surface area (Å²) in [4.78, 5) is 25.7. The largest absolute Gasteiger partial charge is 0.398 e. The highest BCUT2D eigenvalue weighted by Gasteiger charge is 2.41. The zero-order valence-corrected chi connectivity index (χ0v) is 11.6. The van der Waals surface area contributed by atoms with Crippen LogP contribution in [0.25, 0.3) is 0 Å². The van der Waals surface area contributed by atoms with Crippen molar-refractivity contribution < 1.29 is 14.0 Å². The van der Waals surface area contributed by atoms with Gasteiger partial charge in [0.05, 0.1) is 11.0 Å². The Morgan fingerprint density at radius 2 is 2.15 bits per heavy atom. The maximum Gasteiger partial charge on any atom is 0.256 e. The van der Waals surface area contributed by atoms with Crippen LogP contribution in [0.2, 0.25) is 0 Å². The van der Waals surface area contributed by atoms with E-state index in [-0.39, 0.29) is 23.1 Å². The van der Waals surface area contributed by atoms with Gasteiger partial charge in [0, 0.05) is 25.8 Å². The van der Waals surface area contributed by atoms with E-state index in [1.54, 1.807) is 11.9 Å². The van der Waals surface area contributed by atoms with Crippen LogP contribution in [-0.4, -0.2) is 36.9 Å². The molecule has 0 radical (unpaired) electrons. The highest BCUT2D eigenvalue weighted by molar-refractivity contribution is 5.99. The van der Waals surface area contributed by atoms with Gasteiger partial charge in [0.25, 0.3) is 5.91 Å². The van der Waals surface area contributed by atoms with Crippen LogP contribution in [0.1, 0.15) is 23.7 Å². The first-order chi connectivity index (χ1) is 9.37. The predicted octanol–water partition coefficient (Wildman–Crippen LogP) is 1.01. The number of carbonyl (C=O) groups excluding carboxylic acids is 2. The summed E-state index contributed by atoms with van der Waals surface area (Å²) in [6, 6.07) is 3.72. The van der Waals surface area contributed by atoms with E-state index in [0.717, 1.165) is 6.07 Å². The number of hydrogen-bond acceptors (Lipinski definition) is 3. The van der Waals surface area contributed by atoms with Gasteiger partial charge in [-0.3, -0.25) is 9.59 Å². The monoisotopic (exact) mass is 279 g/mol. The van der Waals surface area contributed by atoms with Crippen LogP contribution in [0.5, 0.6) is 0 Å². The summed E-state index contributed by atoms with van der Waals surface area (Å²) in [6.45, 7) is 2.58. The first kappa shape index (κ1) is 14.3. The molecule has 1 atom stereocenters. The summed E-state index contributed by atoms with van der Waals surface area (Å²) < 4.78 is 13.2. The van der Waals surface area contributed by atoms with Crippen LogP contribution in [-0.2, 0) is 4.79 Å². The minimum absolute atomic E-state index is 0.0972. The Hall–Kier alpha value is -2.11. The molecule has 0 bridgehead atoms. The molecule has 0 aromatic heterocycles. The van der Waals surface area contributed by atoms with Gasteiger partial charge in [-0.05, 0) is 31.5 Å². The molecule has 6 heteroatoms. The van der Waals surface area contributed by atoms with Gasteiger partial charge < -0.3 is 16.0 Å². The number of likely N-dealkylation sites (tertiary alicyclic amines) is 1. The molecule has 0 saturated carbocycles. The second-order valence-electron chi connectivity index (χ2n) is 5.35. The molecule has 5 nitrogen and oxygen atoms in total. The Labute approximate surface area is 116 Å². The Balaban J connectivity index is 2.20. The molecule has 1 saturated heterocycles. The van der Waals surface area contributed by atoms with Crippen LogP contribution in [0.3, 0.4) is 0 Å². The molecule has 0 spiro atoms. The van der Waals surface area contributed by atoms with Crippen molar-refractivity contribution in [3.05, 3.63) is 29.6 Å². The van der Waals surface area contributed by atoms with Crippen molar-refractivity contribution in [3.63, 3.8) is 0 Å². The lowest BCUT2D eigenvalue weighted by Gasteiger charge is -2.23. The average Bonchev–Trinajstić information content (AvgIpc) is 2.83. The lowest BCUT2D eigenvalue weighted by molar-refractivity contribution is -0.128. The van der Waals surface area contributed by atoms with E-state index in [4.69, 9.17) is 5.73 Å². The van der Waals surface area contributed by atoms with E-state index in [1.165, 1.54) is 12.1 Å². The summed E-state index contributed by atoms with van der Waals surface area (Å²) >= 11 is 0. The number of anilines is 1. The summed E-state index contributed by atoms with van der Waals surface area (Å²) in [5.41, 5.74) is 5.50. The van der Waals surface area contributed by atoms with Crippen molar-refractivity contribution in [1.29, 1.82) is 0 Å². The molecule has 2 amide bonds. The normalized spacial score (nSPS) is 21.9. The van der Waals surface area contributed by atoms with Crippen LogP contribution in [0.15, 0.2) is 18.2 Å². The van der Waals surface area contributed by atoms with E-state index in [1.807, 2.05) is 6.92 Å². The first-order valence-corrected chi connectivity index (χ1v) is 6.44. The SMILES string of the molecule is CNC(=O)C1(C)CCN(C(=O)c2cc(F)ccc2N)C1. The molecule has 3 N–H and O–H groups in total. The fraction of sp³-hybridized carbons (Fsp3) is 0.429. The minimum atomic E-state index is -0.605. The van der Waals surface area contributed by atoms with Gasteiger partial charge >= 0.3 is 0 Å². The van der Waals surface area contributed by atoms with E-state index in [9.17, 15) is 14.0 Å². The van der Waals surface area contributed by atoms with Crippen molar-refractivity contribution in [2.24, 2.45) is 5.41 Å². The minimum Gasteiger partial charge on any atom is -0.398 e.